The molecule has 0 aromatic carbocycles. The molecule has 2 fully saturated rings. The molecule has 3 rings (SSSR count). The lowest BCUT2D eigenvalue weighted by atomic mass is 10.0. The van der Waals surface area contributed by atoms with Gasteiger partial charge in [0.05, 0.1) is 11.3 Å². The zero-order valence-electron chi connectivity index (χ0n) is 12.2. The molecule has 2 unspecified atom stereocenters. The van der Waals surface area contributed by atoms with E-state index in [1.54, 1.807) is 4.68 Å². The summed E-state index contributed by atoms with van der Waals surface area (Å²) in [4.78, 5) is 17.1. The number of carbonyl (C=O) groups excluding carboxylic acids is 1. The van der Waals surface area contributed by atoms with Gasteiger partial charge in [0.2, 0.25) is 0 Å². The molecule has 1 aromatic rings. The first-order valence-corrected chi connectivity index (χ1v) is 6.95. The maximum atomic E-state index is 12.7. The zero-order chi connectivity index (χ0) is 13.7. The molecule has 0 saturated carbocycles. The van der Waals surface area contributed by atoms with Crippen molar-refractivity contribution < 1.29 is 4.79 Å². The van der Waals surface area contributed by atoms with E-state index in [4.69, 9.17) is 0 Å². The molecule has 1 amide bonds. The molecule has 2 atom stereocenters. The molecule has 2 aliphatic rings. The maximum Gasteiger partial charge on any atom is 0.257 e. The predicted molar refractivity (Wildman–Crippen MR) is 73.1 cm³/mol. The highest BCUT2D eigenvalue weighted by atomic mass is 16.2. The van der Waals surface area contributed by atoms with Crippen molar-refractivity contribution in [3.63, 3.8) is 0 Å². The second kappa shape index (κ2) is 4.34. The molecule has 0 N–H and O–H groups in total. The summed E-state index contributed by atoms with van der Waals surface area (Å²) < 4.78 is 1.80. The molecule has 3 heterocycles. The highest BCUT2D eigenvalue weighted by Gasteiger charge is 2.41. The fourth-order valence-electron chi connectivity index (χ4n) is 3.63. The third-order valence-corrected chi connectivity index (χ3v) is 4.68. The van der Waals surface area contributed by atoms with Gasteiger partial charge in [-0.05, 0) is 32.7 Å². The standard InChI is InChI=1S/C14H22N4O/c1-9-13(10(2)17(4)15-9)14(19)18-7-11-5-16(3)6-12(11)8-18/h11-12H,5-8H2,1-4H3. The van der Waals surface area contributed by atoms with Gasteiger partial charge in [-0.1, -0.05) is 0 Å². The Balaban J connectivity index is 1.79. The van der Waals surface area contributed by atoms with E-state index in [0.29, 0.717) is 11.8 Å². The number of amides is 1. The number of hydrogen-bond donors (Lipinski definition) is 0. The third kappa shape index (κ3) is 1.96. The molecule has 2 aliphatic heterocycles. The van der Waals surface area contributed by atoms with Crippen molar-refractivity contribution in [3.8, 4) is 0 Å². The first kappa shape index (κ1) is 12.7. The maximum absolute atomic E-state index is 12.7. The van der Waals surface area contributed by atoms with E-state index < -0.39 is 0 Å². The number of hydrogen-bond acceptors (Lipinski definition) is 3. The average Bonchev–Trinajstić information content (AvgIpc) is 2.91. The summed E-state index contributed by atoms with van der Waals surface area (Å²) in [5, 5.41) is 4.35. The van der Waals surface area contributed by atoms with Crippen molar-refractivity contribution >= 4 is 5.91 Å². The van der Waals surface area contributed by atoms with E-state index in [1.807, 2.05) is 25.8 Å². The average molecular weight is 262 g/mol. The molecule has 2 saturated heterocycles. The topological polar surface area (TPSA) is 41.4 Å². The Morgan fingerprint density at radius 3 is 2.16 bits per heavy atom. The second-order valence-electron chi connectivity index (χ2n) is 6.12. The molecule has 0 aliphatic carbocycles. The molecular formula is C14H22N4O. The molecule has 104 valence electrons. The Hall–Kier alpha value is -1.36. The van der Waals surface area contributed by atoms with E-state index in [9.17, 15) is 4.79 Å². The number of aryl methyl sites for hydroxylation is 2. The van der Waals surface area contributed by atoms with E-state index in [0.717, 1.165) is 43.1 Å². The largest absolute Gasteiger partial charge is 0.338 e. The first-order chi connectivity index (χ1) is 8.97. The summed E-state index contributed by atoms with van der Waals surface area (Å²) in [5.74, 6) is 1.48. The van der Waals surface area contributed by atoms with Crippen molar-refractivity contribution in [1.29, 1.82) is 0 Å². The lowest BCUT2D eigenvalue weighted by Crippen LogP contribution is -2.32. The third-order valence-electron chi connectivity index (χ3n) is 4.68. The van der Waals surface area contributed by atoms with Crippen LogP contribution in [0.25, 0.3) is 0 Å². The van der Waals surface area contributed by atoms with Crippen LogP contribution in [0.5, 0.6) is 0 Å². The van der Waals surface area contributed by atoms with Crippen molar-refractivity contribution in [1.82, 2.24) is 19.6 Å². The second-order valence-corrected chi connectivity index (χ2v) is 6.12. The SMILES string of the molecule is Cc1nn(C)c(C)c1C(=O)N1CC2CN(C)CC2C1. The molecule has 0 spiro atoms. The highest BCUT2D eigenvalue weighted by molar-refractivity contribution is 5.96. The van der Waals surface area contributed by atoms with Gasteiger partial charge in [0.15, 0.2) is 0 Å². The number of rotatable bonds is 1. The quantitative estimate of drug-likeness (QED) is 0.747. The van der Waals surface area contributed by atoms with Crippen LogP contribution < -0.4 is 0 Å². The summed E-state index contributed by atoms with van der Waals surface area (Å²) in [7, 11) is 4.06. The molecule has 1 aromatic heterocycles. The summed E-state index contributed by atoms with van der Waals surface area (Å²) >= 11 is 0. The Labute approximate surface area is 114 Å². The lowest BCUT2D eigenvalue weighted by Gasteiger charge is -2.19. The minimum atomic E-state index is 0.167. The van der Waals surface area contributed by atoms with Crippen LogP contribution in [-0.2, 0) is 7.05 Å². The van der Waals surface area contributed by atoms with E-state index in [2.05, 4.69) is 17.0 Å². The van der Waals surface area contributed by atoms with Gasteiger partial charge in [-0.3, -0.25) is 9.48 Å². The van der Waals surface area contributed by atoms with E-state index in [1.165, 1.54) is 0 Å². The Kier molecular flexibility index (Phi) is 2.89. The molecule has 0 bridgehead atoms. The lowest BCUT2D eigenvalue weighted by molar-refractivity contribution is 0.0774. The predicted octanol–water partition coefficient (Wildman–Crippen LogP) is 0.671. The van der Waals surface area contributed by atoms with Crippen molar-refractivity contribution in [3.05, 3.63) is 17.0 Å². The summed E-state index contributed by atoms with van der Waals surface area (Å²) in [6.07, 6.45) is 0. The fourth-order valence-corrected chi connectivity index (χ4v) is 3.63. The summed E-state index contributed by atoms with van der Waals surface area (Å²) in [5.41, 5.74) is 2.62. The number of likely N-dealkylation sites (tertiary alicyclic amines) is 2. The molecule has 19 heavy (non-hydrogen) atoms. The van der Waals surface area contributed by atoms with E-state index in [-0.39, 0.29) is 5.91 Å². The van der Waals surface area contributed by atoms with Gasteiger partial charge < -0.3 is 9.80 Å². The van der Waals surface area contributed by atoms with Crippen LogP contribution in [0.3, 0.4) is 0 Å². The van der Waals surface area contributed by atoms with Gasteiger partial charge in [0, 0.05) is 38.9 Å². The molecule has 0 radical (unpaired) electrons. The minimum Gasteiger partial charge on any atom is -0.338 e. The molecule has 5 heteroatoms. The van der Waals surface area contributed by atoms with Gasteiger partial charge in [-0.25, -0.2) is 0 Å². The van der Waals surface area contributed by atoms with Crippen LogP contribution in [0.15, 0.2) is 0 Å². The smallest absolute Gasteiger partial charge is 0.257 e. The summed E-state index contributed by atoms with van der Waals surface area (Å²) in [6, 6.07) is 0. The zero-order valence-corrected chi connectivity index (χ0v) is 12.2. The van der Waals surface area contributed by atoms with E-state index >= 15 is 0 Å². The van der Waals surface area contributed by atoms with Gasteiger partial charge in [-0.15, -0.1) is 0 Å². The molecular weight excluding hydrogens is 240 g/mol. The Morgan fingerprint density at radius 2 is 1.68 bits per heavy atom. The number of carbonyl (C=O) groups is 1. The number of nitrogens with zero attached hydrogens (tertiary/aromatic N) is 4. The van der Waals surface area contributed by atoms with Crippen LogP contribution in [0, 0.1) is 25.7 Å². The van der Waals surface area contributed by atoms with Crippen molar-refractivity contribution in [2.75, 3.05) is 33.2 Å². The van der Waals surface area contributed by atoms with Crippen molar-refractivity contribution in [2.45, 2.75) is 13.8 Å². The monoisotopic (exact) mass is 262 g/mol. The normalized spacial score (nSPS) is 27.1. The van der Waals surface area contributed by atoms with Gasteiger partial charge >= 0.3 is 0 Å². The highest BCUT2D eigenvalue weighted by Crippen LogP contribution is 2.31. The number of aromatic nitrogens is 2. The van der Waals surface area contributed by atoms with Crippen LogP contribution in [0.1, 0.15) is 21.7 Å². The van der Waals surface area contributed by atoms with Crippen LogP contribution in [-0.4, -0.2) is 58.7 Å². The number of fused-ring (bicyclic) bond motifs is 1. The van der Waals surface area contributed by atoms with Gasteiger partial charge in [0.25, 0.3) is 5.91 Å². The molecule has 5 nitrogen and oxygen atoms in total. The summed E-state index contributed by atoms with van der Waals surface area (Å²) in [6.45, 7) is 7.95. The van der Waals surface area contributed by atoms with Crippen LogP contribution in [0.4, 0.5) is 0 Å². The van der Waals surface area contributed by atoms with Gasteiger partial charge in [0.1, 0.15) is 0 Å². The van der Waals surface area contributed by atoms with Gasteiger partial charge in [-0.2, -0.15) is 5.10 Å². The Morgan fingerprint density at radius 1 is 1.11 bits per heavy atom. The minimum absolute atomic E-state index is 0.167. The first-order valence-electron chi connectivity index (χ1n) is 6.95. The Bertz CT molecular complexity index is 508. The fraction of sp³-hybridized carbons (Fsp3) is 0.714. The van der Waals surface area contributed by atoms with Crippen LogP contribution in [0.2, 0.25) is 0 Å². The van der Waals surface area contributed by atoms with Crippen LogP contribution >= 0.6 is 0 Å². The van der Waals surface area contributed by atoms with Crippen molar-refractivity contribution in [2.24, 2.45) is 18.9 Å².